The number of thiazole rings is 1. The van der Waals surface area contributed by atoms with Gasteiger partial charge in [0.2, 0.25) is 5.95 Å². The monoisotopic (exact) mass is 450 g/mol. The Balaban J connectivity index is 0.00000256. The summed E-state index contributed by atoms with van der Waals surface area (Å²) in [5.74, 6) is 2.04. The van der Waals surface area contributed by atoms with E-state index in [4.69, 9.17) is 15.2 Å². The molecule has 2 N–H and O–H groups in total. The molecular formula is C19H23ClN6O3S. The van der Waals surface area contributed by atoms with Crippen LogP contribution in [0.25, 0.3) is 10.9 Å². The van der Waals surface area contributed by atoms with Gasteiger partial charge < -0.3 is 25.0 Å². The number of aryl methyl sites for hydroxylation is 1. The first kappa shape index (κ1) is 21.8. The summed E-state index contributed by atoms with van der Waals surface area (Å²) in [4.78, 5) is 29.8. The predicted octanol–water partition coefficient (Wildman–Crippen LogP) is 2.38. The van der Waals surface area contributed by atoms with Gasteiger partial charge in [-0.2, -0.15) is 4.98 Å². The molecule has 0 atom stereocenters. The number of benzene rings is 1. The van der Waals surface area contributed by atoms with Crippen LogP contribution in [0.2, 0.25) is 0 Å². The van der Waals surface area contributed by atoms with E-state index in [-0.39, 0.29) is 18.3 Å². The van der Waals surface area contributed by atoms with Crippen molar-refractivity contribution in [1.29, 1.82) is 0 Å². The maximum atomic E-state index is 12.6. The fourth-order valence-electron chi connectivity index (χ4n) is 3.34. The van der Waals surface area contributed by atoms with E-state index in [0.717, 1.165) is 5.01 Å². The number of nitrogen functional groups attached to an aromatic ring is 1. The Morgan fingerprint density at radius 3 is 2.33 bits per heavy atom. The summed E-state index contributed by atoms with van der Waals surface area (Å²) in [7, 11) is 3.15. The molecule has 1 amide bonds. The third-order valence-electron chi connectivity index (χ3n) is 4.91. The third kappa shape index (κ3) is 4.05. The van der Waals surface area contributed by atoms with Gasteiger partial charge in [-0.25, -0.2) is 9.97 Å². The number of ether oxygens (including phenoxy) is 2. The van der Waals surface area contributed by atoms with Crippen LogP contribution in [-0.4, -0.2) is 66.2 Å². The molecule has 0 spiro atoms. The van der Waals surface area contributed by atoms with E-state index in [9.17, 15) is 4.79 Å². The van der Waals surface area contributed by atoms with E-state index < -0.39 is 0 Å². The largest absolute Gasteiger partial charge is 0.493 e. The van der Waals surface area contributed by atoms with Crippen molar-refractivity contribution in [3.8, 4) is 11.5 Å². The van der Waals surface area contributed by atoms with Gasteiger partial charge in [-0.15, -0.1) is 23.7 Å². The van der Waals surface area contributed by atoms with Crippen molar-refractivity contribution in [2.24, 2.45) is 0 Å². The average Bonchev–Trinajstić information content (AvgIpc) is 3.18. The molecule has 0 saturated carbocycles. The minimum Gasteiger partial charge on any atom is -0.493 e. The van der Waals surface area contributed by atoms with Crippen molar-refractivity contribution in [3.63, 3.8) is 0 Å². The normalized spacial score (nSPS) is 13.8. The smallest absolute Gasteiger partial charge is 0.273 e. The summed E-state index contributed by atoms with van der Waals surface area (Å²) in [6, 6.07) is 3.57. The Labute approximate surface area is 184 Å². The Hall–Kier alpha value is -2.85. The maximum absolute atomic E-state index is 12.6. The Morgan fingerprint density at radius 1 is 1.07 bits per heavy atom. The number of halogens is 1. The zero-order chi connectivity index (χ0) is 20.5. The van der Waals surface area contributed by atoms with Crippen LogP contribution in [0.1, 0.15) is 15.5 Å². The number of rotatable bonds is 4. The van der Waals surface area contributed by atoms with Crippen LogP contribution >= 0.6 is 23.7 Å². The summed E-state index contributed by atoms with van der Waals surface area (Å²) in [5.41, 5.74) is 7.38. The second-order valence-corrected chi connectivity index (χ2v) is 7.73. The summed E-state index contributed by atoms with van der Waals surface area (Å²) in [6.45, 7) is 4.27. The predicted molar refractivity (Wildman–Crippen MR) is 119 cm³/mol. The highest BCUT2D eigenvalue weighted by Gasteiger charge is 2.25. The van der Waals surface area contributed by atoms with E-state index in [1.807, 2.05) is 16.7 Å². The van der Waals surface area contributed by atoms with Gasteiger partial charge in [-0.05, 0) is 13.0 Å². The van der Waals surface area contributed by atoms with Crippen molar-refractivity contribution in [3.05, 3.63) is 28.2 Å². The lowest BCUT2D eigenvalue weighted by Crippen LogP contribution is -2.49. The molecule has 2 aromatic heterocycles. The SMILES string of the molecule is COc1cc2nc(N3CCN(C(=O)c4csc(C)n4)CC3)nc(N)c2cc1OC.Cl. The van der Waals surface area contributed by atoms with Crippen molar-refractivity contribution in [1.82, 2.24) is 19.9 Å². The number of fused-ring (bicyclic) bond motifs is 1. The van der Waals surface area contributed by atoms with Crippen molar-refractivity contribution in [2.45, 2.75) is 6.92 Å². The number of carbonyl (C=O) groups is 1. The van der Waals surface area contributed by atoms with E-state index in [0.29, 0.717) is 66.0 Å². The van der Waals surface area contributed by atoms with E-state index >= 15 is 0 Å². The molecule has 4 rings (SSSR count). The standard InChI is InChI=1S/C19H22N6O3S.ClH/c1-11-21-14(10-29-11)18(26)24-4-6-25(7-5-24)19-22-13-9-16(28-3)15(27-2)8-12(13)17(20)23-19;/h8-10H,4-7H2,1-3H3,(H2,20,22,23);1H. The van der Waals surface area contributed by atoms with Crippen LogP contribution < -0.4 is 20.1 Å². The van der Waals surface area contributed by atoms with E-state index in [2.05, 4.69) is 15.0 Å². The van der Waals surface area contributed by atoms with Gasteiger partial charge in [0.25, 0.3) is 5.91 Å². The first-order valence-electron chi connectivity index (χ1n) is 9.15. The highest BCUT2D eigenvalue weighted by Crippen LogP contribution is 2.34. The first-order chi connectivity index (χ1) is 14.0. The van der Waals surface area contributed by atoms with Crippen LogP contribution in [0.4, 0.5) is 11.8 Å². The molecule has 3 heterocycles. The van der Waals surface area contributed by atoms with Crippen LogP contribution in [0, 0.1) is 6.92 Å². The number of anilines is 2. The van der Waals surface area contributed by atoms with E-state index in [1.165, 1.54) is 11.3 Å². The third-order valence-corrected chi connectivity index (χ3v) is 5.68. The lowest BCUT2D eigenvalue weighted by atomic mass is 10.2. The number of piperazine rings is 1. The van der Waals surface area contributed by atoms with Gasteiger partial charge >= 0.3 is 0 Å². The molecule has 1 saturated heterocycles. The van der Waals surface area contributed by atoms with Crippen molar-refractivity contribution in [2.75, 3.05) is 51.0 Å². The molecule has 160 valence electrons. The fraction of sp³-hybridized carbons (Fsp3) is 0.368. The molecule has 11 heteroatoms. The zero-order valence-corrected chi connectivity index (χ0v) is 18.5. The molecule has 9 nitrogen and oxygen atoms in total. The summed E-state index contributed by atoms with van der Waals surface area (Å²) in [5, 5.41) is 3.40. The topological polar surface area (TPSA) is 107 Å². The van der Waals surface area contributed by atoms with Crippen LogP contribution in [0.5, 0.6) is 11.5 Å². The number of amides is 1. The van der Waals surface area contributed by atoms with Gasteiger partial charge in [-0.1, -0.05) is 0 Å². The van der Waals surface area contributed by atoms with Crippen molar-refractivity contribution >= 4 is 52.3 Å². The maximum Gasteiger partial charge on any atom is 0.273 e. The highest BCUT2D eigenvalue weighted by atomic mass is 35.5. The minimum atomic E-state index is -0.0372. The molecule has 0 bridgehead atoms. The van der Waals surface area contributed by atoms with Gasteiger partial charge in [0.15, 0.2) is 11.5 Å². The van der Waals surface area contributed by atoms with Crippen molar-refractivity contribution < 1.29 is 14.3 Å². The first-order valence-corrected chi connectivity index (χ1v) is 10.0. The minimum absolute atomic E-state index is 0. The molecule has 0 aliphatic carbocycles. The molecule has 1 aromatic carbocycles. The van der Waals surface area contributed by atoms with Gasteiger partial charge in [0.05, 0.1) is 24.7 Å². The average molecular weight is 451 g/mol. The Bertz CT molecular complexity index is 1070. The Morgan fingerprint density at radius 2 is 1.73 bits per heavy atom. The number of nitrogens with zero attached hydrogens (tertiary/aromatic N) is 5. The number of nitrogens with two attached hydrogens (primary N) is 1. The number of aromatic nitrogens is 3. The molecule has 1 aliphatic heterocycles. The fourth-order valence-corrected chi connectivity index (χ4v) is 3.93. The molecule has 1 aliphatic rings. The number of hydrogen-bond acceptors (Lipinski definition) is 9. The lowest BCUT2D eigenvalue weighted by molar-refractivity contribution is 0.0741. The highest BCUT2D eigenvalue weighted by molar-refractivity contribution is 7.09. The number of carbonyl (C=O) groups excluding carboxylic acids is 1. The quantitative estimate of drug-likeness (QED) is 0.645. The summed E-state index contributed by atoms with van der Waals surface area (Å²) < 4.78 is 10.7. The number of methoxy groups -OCH3 is 2. The van der Waals surface area contributed by atoms with Crippen LogP contribution in [-0.2, 0) is 0 Å². The van der Waals surface area contributed by atoms with Crippen LogP contribution in [0.15, 0.2) is 17.5 Å². The molecule has 30 heavy (non-hydrogen) atoms. The molecule has 0 unspecified atom stereocenters. The molecule has 3 aromatic rings. The summed E-state index contributed by atoms with van der Waals surface area (Å²) >= 11 is 1.48. The molecule has 1 fully saturated rings. The zero-order valence-electron chi connectivity index (χ0n) is 16.9. The van der Waals surface area contributed by atoms with Gasteiger partial charge in [0, 0.05) is 43.0 Å². The van der Waals surface area contributed by atoms with E-state index in [1.54, 1.807) is 31.7 Å². The Kier molecular flexibility index (Phi) is 6.47. The second kappa shape index (κ2) is 8.88. The lowest BCUT2D eigenvalue weighted by Gasteiger charge is -2.34. The molecule has 0 radical (unpaired) electrons. The molecular weight excluding hydrogens is 428 g/mol. The van der Waals surface area contributed by atoms with Crippen LogP contribution in [0.3, 0.4) is 0 Å². The summed E-state index contributed by atoms with van der Waals surface area (Å²) in [6.07, 6.45) is 0. The van der Waals surface area contributed by atoms with Gasteiger partial charge in [-0.3, -0.25) is 4.79 Å². The number of hydrogen-bond donors (Lipinski definition) is 1. The van der Waals surface area contributed by atoms with Gasteiger partial charge in [0.1, 0.15) is 11.5 Å². The second-order valence-electron chi connectivity index (χ2n) is 6.66.